The zero-order chi connectivity index (χ0) is 50.8. The van der Waals surface area contributed by atoms with E-state index in [1.54, 1.807) is 93.6 Å². The minimum absolute atomic E-state index is 0.0282. The summed E-state index contributed by atoms with van der Waals surface area (Å²) in [6.45, 7) is 8.86. The van der Waals surface area contributed by atoms with Gasteiger partial charge in [0.15, 0.2) is 36.8 Å². The van der Waals surface area contributed by atoms with Crippen molar-refractivity contribution in [1.82, 2.24) is 0 Å². The van der Waals surface area contributed by atoms with E-state index in [-0.39, 0.29) is 22.3 Å². The van der Waals surface area contributed by atoms with Crippen molar-refractivity contribution in [2.24, 2.45) is 10.8 Å². The number of carbonyl (C=O) groups is 8. The van der Waals surface area contributed by atoms with Crippen LogP contribution in [0.4, 0.5) is 0 Å². The molecule has 0 spiro atoms. The summed E-state index contributed by atoms with van der Waals surface area (Å²) in [6, 6.07) is 31.0. The molecular weight excluding hydrogens is 913 g/mol. The number of carbonyl (C=O) groups excluding carboxylic acids is 8. The predicted molar refractivity (Wildman–Crippen MR) is 242 cm³/mol. The lowest BCUT2D eigenvalue weighted by atomic mass is 9.97. The van der Waals surface area contributed by atoms with E-state index in [0.717, 1.165) is 6.92 Å². The Hall–Kier alpha value is -7.44. The van der Waals surface area contributed by atoms with Gasteiger partial charge < -0.3 is 47.4 Å². The molecule has 0 amide bonds. The molecule has 0 radical (unpaired) electrons. The van der Waals surface area contributed by atoms with Gasteiger partial charge in [0, 0.05) is 6.92 Å². The monoisotopic (exact) mass is 966 g/mol. The summed E-state index contributed by atoms with van der Waals surface area (Å²) in [6.07, 6.45) is -15.9. The second kappa shape index (κ2) is 22.8. The first-order valence-corrected chi connectivity index (χ1v) is 22.3. The highest BCUT2D eigenvalue weighted by atomic mass is 16.8. The molecule has 70 heavy (non-hydrogen) atoms. The highest BCUT2D eigenvalue weighted by molar-refractivity contribution is 5.92. The Bertz CT molecular complexity index is 2480. The number of ether oxygens (including phenoxy) is 10. The molecule has 370 valence electrons. The minimum atomic E-state index is -1.93. The standard InChI is InChI=1S/C52H54O18/c1-30(53)63-39-37(66-47(58)41(39)70-50(60)52(5,6)7)36(29-62-49(59)51(2,3)4)65-48-42(68-46(57)34-26-18-11-19-27-34)40(67-45(56)33-24-16-10-17-25-33)38(69-48)35(64-44(55)32-22-14-9-15-23-32)28-61-43(54)31-20-12-8-13-21-31/h8-27,35-42,48H,28-29H2,1-7H3/t35-,36-,37+,38+,39+,40+,41-,42-,48-/m1/s1. The van der Waals surface area contributed by atoms with Crippen LogP contribution < -0.4 is 0 Å². The number of esters is 8. The fourth-order valence-electron chi connectivity index (χ4n) is 6.99. The SMILES string of the molecule is CC(=O)O[C@H]1[C@H]([C@@H](COC(=O)C(C)(C)C)O[C@@H]2O[C@@H]([C@@H](COC(=O)c3ccccc3)OC(=O)c3ccccc3)[C@H](OC(=O)c3ccccc3)[C@H]2OC(=O)c2ccccc2)OC(=O)[C@@H]1OC(=O)C(C)(C)C. The molecule has 0 saturated carbocycles. The van der Waals surface area contributed by atoms with Crippen LogP contribution in [0.25, 0.3) is 0 Å². The average Bonchev–Trinajstić information content (AvgIpc) is 3.82. The van der Waals surface area contributed by atoms with Crippen molar-refractivity contribution in [2.75, 3.05) is 13.2 Å². The predicted octanol–water partition coefficient (Wildman–Crippen LogP) is 6.03. The van der Waals surface area contributed by atoms with E-state index in [1.165, 1.54) is 69.3 Å². The summed E-state index contributed by atoms with van der Waals surface area (Å²) in [5.41, 5.74) is -1.96. The third-order valence-electron chi connectivity index (χ3n) is 10.7. The van der Waals surface area contributed by atoms with Crippen molar-refractivity contribution < 1.29 is 85.7 Å². The molecule has 18 nitrogen and oxygen atoms in total. The molecule has 2 fully saturated rings. The van der Waals surface area contributed by atoms with E-state index >= 15 is 0 Å². The second-order valence-corrected chi connectivity index (χ2v) is 18.3. The molecule has 2 heterocycles. The van der Waals surface area contributed by atoms with Gasteiger partial charge in [0.05, 0.1) is 33.1 Å². The lowest BCUT2D eigenvalue weighted by Crippen LogP contribution is -2.50. The van der Waals surface area contributed by atoms with Gasteiger partial charge in [0.25, 0.3) is 0 Å². The van der Waals surface area contributed by atoms with Crippen molar-refractivity contribution in [2.45, 2.75) is 104 Å². The summed E-state index contributed by atoms with van der Waals surface area (Å²) < 4.78 is 59.5. The molecule has 4 aromatic rings. The van der Waals surface area contributed by atoms with E-state index in [0.29, 0.717) is 0 Å². The molecule has 2 saturated heterocycles. The van der Waals surface area contributed by atoms with Gasteiger partial charge in [-0.05, 0) is 90.1 Å². The van der Waals surface area contributed by atoms with Crippen LogP contribution in [-0.2, 0) is 66.5 Å². The van der Waals surface area contributed by atoms with Gasteiger partial charge in [-0.25, -0.2) is 24.0 Å². The van der Waals surface area contributed by atoms with E-state index in [1.807, 2.05) is 0 Å². The first-order valence-electron chi connectivity index (χ1n) is 22.3. The van der Waals surface area contributed by atoms with Crippen LogP contribution in [0.2, 0.25) is 0 Å². The Kier molecular flexibility index (Phi) is 16.9. The van der Waals surface area contributed by atoms with Crippen molar-refractivity contribution in [3.05, 3.63) is 144 Å². The smallest absolute Gasteiger partial charge is 0.352 e. The van der Waals surface area contributed by atoms with Crippen LogP contribution in [0.5, 0.6) is 0 Å². The number of cyclic esters (lactones) is 1. The number of hydrogen-bond donors (Lipinski definition) is 0. The normalized spacial score (nSPS) is 21.8. The molecule has 4 aromatic carbocycles. The number of rotatable bonds is 17. The summed E-state index contributed by atoms with van der Waals surface area (Å²) >= 11 is 0. The topological polar surface area (TPSA) is 229 Å². The van der Waals surface area contributed by atoms with Crippen molar-refractivity contribution >= 4 is 47.8 Å². The van der Waals surface area contributed by atoms with Crippen LogP contribution in [0, 0.1) is 10.8 Å². The van der Waals surface area contributed by atoms with Gasteiger partial charge in [0.1, 0.15) is 25.4 Å². The second-order valence-electron chi connectivity index (χ2n) is 18.3. The Balaban J connectivity index is 1.47. The van der Waals surface area contributed by atoms with Crippen LogP contribution in [0.3, 0.4) is 0 Å². The van der Waals surface area contributed by atoms with Gasteiger partial charge in [-0.2, -0.15) is 0 Å². The van der Waals surface area contributed by atoms with Crippen molar-refractivity contribution in [1.29, 1.82) is 0 Å². The Morgan fingerprint density at radius 1 is 0.500 bits per heavy atom. The highest BCUT2D eigenvalue weighted by Crippen LogP contribution is 2.36. The maximum Gasteiger partial charge on any atom is 0.352 e. The first-order chi connectivity index (χ1) is 33.2. The molecule has 18 heteroatoms. The number of hydrogen-bond acceptors (Lipinski definition) is 18. The molecule has 6 rings (SSSR count). The fraction of sp³-hybridized carbons (Fsp3) is 0.385. The lowest BCUT2D eigenvalue weighted by molar-refractivity contribution is -0.235. The Morgan fingerprint density at radius 2 is 0.943 bits per heavy atom. The highest BCUT2D eigenvalue weighted by Gasteiger charge is 2.59. The van der Waals surface area contributed by atoms with E-state index in [4.69, 9.17) is 47.4 Å². The third-order valence-corrected chi connectivity index (χ3v) is 10.7. The van der Waals surface area contributed by atoms with Crippen molar-refractivity contribution in [3.63, 3.8) is 0 Å². The summed E-state index contributed by atoms with van der Waals surface area (Å²) in [5.74, 6) is -7.39. The van der Waals surface area contributed by atoms with Crippen LogP contribution in [0.1, 0.15) is 89.9 Å². The van der Waals surface area contributed by atoms with Gasteiger partial charge in [-0.1, -0.05) is 72.8 Å². The first kappa shape index (κ1) is 51.9. The van der Waals surface area contributed by atoms with E-state index < -0.39 is 127 Å². The van der Waals surface area contributed by atoms with Gasteiger partial charge in [-0.3, -0.25) is 14.4 Å². The van der Waals surface area contributed by atoms with E-state index in [2.05, 4.69) is 0 Å². The quantitative estimate of drug-likeness (QED) is 0.0868. The van der Waals surface area contributed by atoms with Gasteiger partial charge in [0.2, 0.25) is 6.10 Å². The molecule has 2 aliphatic heterocycles. The lowest BCUT2D eigenvalue weighted by Gasteiger charge is -2.31. The fourth-order valence-corrected chi connectivity index (χ4v) is 6.99. The summed E-state index contributed by atoms with van der Waals surface area (Å²) in [7, 11) is 0. The molecule has 0 unspecified atom stereocenters. The van der Waals surface area contributed by atoms with Crippen molar-refractivity contribution in [3.8, 4) is 0 Å². The molecular formula is C52H54O18. The van der Waals surface area contributed by atoms with Gasteiger partial charge >= 0.3 is 47.8 Å². The largest absolute Gasteiger partial charge is 0.462 e. The maximum atomic E-state index is 14.1. The maximum absolute atomic E-state index is 14.1. The average molecular weight is 967 g/mol. The molecule has 0 N–H and O–H groups in total. The minimum Gasteiger partial charge on any atom is -0.462 e. The van der Waals surface area contributed by atoms with Crippen LogP contribution in [0.15, 0.2) is 121 Å². The zero-order valence-corrected chi connectivity index (χ0v) is 39.5. The number of benzene rings is 4. The third kappa shape index (κ3) is 13.4. The van der Waals surface area contributed by atoms with Crippen LogP contribution >= 0.6 is 0 Å². The van der Waals surface area contributed by atoms with E-state index in [9.17, 15) is 38.4 Å². The summed E-state index contributed by atoms with van der Waals surface area (Å²) in [4.78, 5) is 108. The molecule has 2 aliphatic rings. The summed E-state index contributed by atoms with van der Waals surface area (Å²) in [5, 5.41) is 0. The van der Waals surface area contributed by atoms with Gasteiger partial charge in [-0.15, -0.1) is 0 Å². The zero-order valence-electron chi connectivity index (χ0n) is 39.5. The Labute approximate surface area is 403 Å². The molecule has 0 aromatic heterocycles. The molecule has 0 bridgehead atoms. The van der Waals surface area contributed by atoms with Crippen LogP contribution in [-0.4, -0.2) is 116 Å². The molecule has 9 atom stereocenters. The molecule has 0 aliphatic carbocycles. The Morgan fingerprint density at radius 3 is 1.41 bits per heavy atom.